The molecule has 13 nitrogen and oxygen atoms in total. The van der Waals surface area contributed by atoms with Gasteiger partial charge >= 0.3 is 18.6 Å². The maximum atomic E-state index is 12.7. The number of benzene rings is 4. The van der Waals surface area contributed by atoms with Gasteiger partial charge in [-0.15, -0.1) is 11.3 Å². The highest BCUT2D eigenvalue weighted by atomic mass is 32.1. The minimum Gasteiger partial charge on any atom is -0.493 e. The van der Waals surface area contributed by atoms with Crippen molar-refractivity contribution in [3.05, 3.63) is 131 Å². The van der Waals surface area contributed by atoms with E-state index >= 15 is 0 Å². The van der Waals surface area contributed by atoms with Gasteiger partial charge in [0.1, 0.15) is 17.0 Å². The van der Waals surface area contributed by atoms with Crippen molar-refractivity contribution in [2.75, 3.05) is 23.5 Å². The Morgan fingerprint density at radius 3 is 1.82 bits per heavy atom. The minimum atomic E-state index is -2.98. The lowest BCUT2D eigenvalue weighted by Crippen LogP contribution is -2.24. The predicted octanol–water partition coefficient (Wildman–Crippen LogP) is 12.2. The van der Waals surface area contributed by atoms with Crippen molar-refractivity contribution in [3.8, 4) is 23.0 Å². The van der Waals surface area contributed by atoms with Crippen LogP contribution in [0, 0.1) is 0 Å². The van der Waals surface area contributed by atoms with Crippen LogP contribution < -0.4 is 28.7 Å². The fraction of sp³-hybridized carbons (Fsp3) is 0.347. The highest BCUT2D eigenvalue weighted by Crippen LogP contribution is 2.38. The van der Waals surface area contributed by atoms with Gasteiger partial charge in [0.25, 0.3) is 0 Å². The fourth-order valence-corrected chi connectivity index (χ4v) is 6.75. The molecule has 16 heteroatoms. The quantitative estimate of drug-likeness (QED) is 0.0804. The topological polar surface area (TPSA) is 135 Å². The molecular formula is C49H56F2N4O9S. The van der Waals surface area contributed by atoms with E-state index in [2.05, 4.69) is 19.6 Å². The summed E-state index contributed by atoms with van der Waals surface area (Å²) in [4.78, 5) is 38.2. The maximum absolute atomic E-state index is 12.7. The lowest BCUT2D eigenvalue weighted by atomic mass is 10.1. The van der Waals surface area contributed by atoms with Crippen molar-refractivity contribution >= 4 is 46.0 Å². The normalized spacial score (nSPS) is 11.4. The van der Waals surface area contributed by atoms with E-state index in [1.807, 2.05) is 88.5 Å². The summed E-state index contributed by atoms with van der Waals surface area (Å²) in [5, 5.41) is 0. The Kier molecular flexibility index (Phi) is 16.9. The standard InChI is InChI=1S/C26H32N2O4S.C23H24F2N2O5/c1-7-30-24-14-21(12-13-23(24)31-18(2)3)28(16-22-15-27-17-33-22)20-10-8-19(9-11-20)25(29)32-26(4,5)6;1-23(2,3)32-21(28)15-6-5-7-16(10-15)27(13-18-12-26-14-30-18)17-8-9-19(31-22(24)25)20(11-17)29-4/h8-15,17-18H,7,16H2,1-6H3;5-12,14,22H,13H2,1-4H3. The van der Waals surface area contributed by atoms with Gasteiger partial charge < -0.3 is 42.6 Å². The van der Waals surface area contributed by atoms with E-state index < -0.39 is 23.8 Å². The Bertz CT molecular complexity index is 2430. The molecule has 0 atom stereocenters. The number of hydrogen-bond donors (Lipinski definition) is 0. The van der Waals surface area contributed by atoms with Crippen LogP contribution in [0.2, 0.25) is 0 Å². The molecule has 0 unspecified atom stereocenters. The summed E-state index contributed by atoms with van der Waals surface area (Å²) in [6.07, 6.45) is 4.79. The molecule has 0 aliphatic carbocycles. The zero-order valence-corrected chi connectivity index (χ0v) is 39.1. The van der Waals surface area contributed by atoms with Gasteiger partial charge in [0.05, 0.1) is 55.7 Å². The highest BCUT2D eigenvalue weighted by Gasteiger charge is 2.23. The number of nitrogens with zero attached hydrogens (tertiary/aromatic N) is 4. The summed E-state index contributed by atoms with van der Waals surface area (Å²) in [6, 6.07) is 24.8. The number of carbonyl (C=O) groups is 2. The molecule has 0 spiro atoms. The van der Waals surface area contributed by atoms with Crippen LogP contribution >= 0.6 is 11.3 Å². The Morgan fingerprint density at radius 2 is 1.28 bits per heavy atom. The molecule has 0 saturated heterocycles. The first-order valence-electron chi connectivity index (χ1n) is 20.9. The summed E-state index contributed by atoms with van der Waals surface area (Å²) in [5.74, 6) is 1.22. The number of rotatable bonds is 17. The molecule has 0 saturated carbocycles. The van der Waals surface area contributed by atoms with Crippen LogP contribution in [0.25, 0.3) is 0 Å². The van der Waals surface area contributed by atoms with Gasteiger partial charge in [-0.2, -0.15) is 8.78 Å². The lowest BCUT2D eigenvalue weighted by Gasteiger charge is -2.26. The summed E-state index contributed by atoms with van der Waals surface area (Å²) in [5.41, 5.74) is 4.67. The van der Waals surface area contributed by atoms with Crippen molar-refractivity contribution in [2.24, 2.45) is 0 Å². The number of alkyl halides is 2. The second-order valence-electron chi connectivity index (χ2n) is 16.7. The number of oxazole rings is 1. The smallest absolute Gasteiger partial charge is 0.387 e. The first kappa shape index (κ1) is 49.3. The third-order valence-corrected chi connectivity index (χ3v) is 9.54. The van der Waals surface area contributed by atoms with Gasteiger partial charge in [-0.05, 0) is 129 Å². The van der Waals surface area contributed by atoms with Crippen LogP contribution in [0.15, 0.2) is 114 Å². The molecule has 2 heterocycles. The number of methoxy groups -OCH3 is 1. The van der Waals surface area contributed by atoms with Crippen LogP contribution in [0.4, 0.5) is 31.5 Å². The zero-order chi connectivity index (χ0) is 47.3. The second-order valence-corrected chi connectivity index (χ2v) is 17.6. The Balaban J connectivity index is 0.000000244. The van der Waals surface area contributed by atoms with E-state index in [-0.39, 0.29) is 30.1 Å². The number of thiazole rings is 1. The SMILES string of the molecule is CCOc1cc(N(Cc2cncs2)c2ccc(C(=O)OC(C)(C)C)cc2)ccc1OC(C)C.COc1cc(N(Cc2cnco2)c2cccc(C(=O)OC(C)(C)C)c2)ccc1OC(F)F. The summed E-state index contributed by atoms with van der Waals surface area (Å²) in [6.45, 7) is 15.3. The molecule has 65 heavy (non-hydrogen) atoms. The second kappa shape index (κ2) is 22.3. The monoisotopic (exact) mass is 914 g/mol. The summed E-state index contributed by atoms with van der Waals surface area (Å²) < 4.78 is 63.3. The van der Waals surface area contributed by atoms with E-state index in [9.17, 15) is 18.4 Å². The molecule has 6 aromatic rings. The number of aromatic nitrogens is 2. The van der Waals surface area contributed by atoms with E-state index in [0.29, 0.717) is 52.9 Å². The molecule has 0 aliphatic rings. The number of anilines is 4. The zero-order valence-electron chi connectivity index (χ0n) is 38.3. The van der Waals surface area contributed by atoms with Crippen molar-refractivity contribution in [1.29, 1.82) is 0 Å². The number of halogens is 2. The van der Waals surface area contributed by atoms with Crippen molar-refractivity contribution in [2.45, 2.75) is 99.3 Å². The van der Waals surface area contributed by atoms with E-state index in [0.717, 1.165) is 16.3 Å². The van der Waals surface area contributed by atoms with Gasteiger partial charge in [-0.3, -0.25) is 4.98 Å². The van der Waals surface area contributed by atoms with Gasteiger partial charge in [0, 0.05) is 46.0 Å². The number of esters is 2. The summed E-state index contributed by atoms with van der Waals surface area (Å²) >= 11 is 1.60. The fourth-order valence-electron chi connectivity index (χ4n) is 6.17. The van der Waals surface area contributed by atoms with Gasteiger partial charge in [-0.25, -0.2) is 14.6 Å². The van der Waals surface area contributed by atoms with Crippen molar-refractivity contribution < 1.29 is 51.2 Å². The number of hydrogen-bond acceptors (Lipinski definition) is 14. The van der Waals surface area contributed by atoms with Gasteiger partial charge in [-0.1, -0.05) is 6.07 Å². The van der Waals surface area contributed by atoms with Crippen LogP contribution in [0.3, 0.4) is 0 Å². The molecule has 0 aliphatic heterocycles. The van der Waals surface area contributed by atoms with Crippen LogP contribution in [0.1, 0.15) is 93.7 Å². The molecule has 2 aromatic heterocycles. The molecule has 0 radical (unpaired) electrons. The highest BCUT2D eigenvalue weighted by molar-refractivity contribution is 7.09. The lowest BCUT2D eigenvalue weighted by molar-refractivity contribution is -0.0512. The number of ether oxygens (including phenoxy) is 6. The third-order valence-electron chi connectivity index (χ3n) is 8.78. The van der Waals surface area contributed by atoms with E-state index in [4.69, 9.17) is 28.1 Å². The van der Waals surface area contributed by atoms with E-state index in [1.165, 1.54) is 19.6 Å². The molecule has 346 valence electrons. The van der Waals surface area contributed by atoms with E-state index in [1.54, 1.807) is 86.8 Å². The third kappa shape index (κ3) is 15.0. The molecule has 4 aromatic carbocycles. The summed E-state index contributed by atoms with van der Waals surface area (Å²) in [7, 11) is 1.36. The van der Waals surface area contributed by atoms with Crippen LogP contribution in [0.5, 0.6) is 23.0 Å². The number of carbonyl (C=O) groups excluding carboxylic acids is 2. The van der Waals surface area contributed by atoms with Crippen LogP contribution in [-0.2, 0) is 22.6 Å². The Hall–Kier alpha value is -6.68. The molecular weight excluding hydrogens is 859 g/mol. The van der Waals surface area contributed by atoms with Crippen molar-refractivity contribution in [3.63, 3.8) is 0 Å². The first-order chi connectivity index (χ1) is 30.8. The first-order valence-corrected chi connectivity index (χ1v) is 21.7. The van der Waals surface area contributed by atoms with Gasteiger partial charge in [0.2, 0.25) is 0 Å². The average molecular weight is 915 g/mol. The Morgan fingerprint density at radius 1 is 0.692 bits per heavy atom. The molecule has 0 N–H and O–H groups in total. The van der Waals surface area contributed by atoms with Crippen LogP contribution in [-0.4, -0.2) is 59.5 Å². The predicted molar refractivity (Wildman–Crippen MR) is 247 cm³/mol. The largest absolute Gasteiger partial charge is 0.493 e. The van der Waals surface area contributed by atoms with Crippen molar-refractivity contribution in [1.82, 2.24) is 9.97 Å². The molecule has 0 fully saturated rings. The average Bonchev–Trinajstić information content (AvgIpc) is 3.97. The molecule has 0 bridgehead atoms. The molecule has 0 amide bonds. The Labute approximate surface area is 382 Å². The molecule has 6 rings (SSSR count). The minimum absolute atomic E-state index is 0.0451. The van der Waals surface area contributed by atoms with Gasteiger partial charge in [0.15, 0.2) is 29.4 Å². The maximum Gasteiger partial charge on any atom is 0.387 e.